The Morgan fingerprint density at radius 3 is 2.93 bits per heavy atom. The summed E-state index contributed by atoms with van der Waals surface area (Å²) in [5.74, 6) is -0.880. The number of cyclic esters (lactones) is 1. The number of hydrogen-bond donors (Lipinski definition) is 0. The molecule has 0 N–H and O–H groups in total. The Labute approximate surface area is 82.9 Å². The largest absolute Gasteiger partial charge is 0.465 e. The first-order valence-corrected chi connectivity index (χ1v) is 4.66. The van der Waals surface area contributed by atoms with Crippen molar-refractivity contribution in [1.82, 2.24) is 0 Å². The summed E-state index contributed by atoms with van der Waals surface area (Å²) in [4.78, 5) is 22.2. The molecule has 0 spiro atoms. The van der Waals surface area contributed by atoms with Crippen LogP contribution in [0, 0.1) is 5.92 Å². The summed E-state index contributed by atoms with van der Waals surface area (Å²) >= 11 is 0. The lowest BCUT2D eigenvalue weighted by Crippen LogP contribution is -2.14. The maximum absolute atomic E-state index is 11.2. The van der Waals surface area contributed by atoms with E-state index in [1.807, 2.05) is 0 Å². The molecule has 1 atom stereocenters. The highest BCUT2D eigenvalue weighted by molar-refractivity contribution is 5.89. The first-order chi connectivity index (χ1) is 6.65. The van der Waals surface area contributed by atoms with Crippen LogP contribution in [0.4, 0.5) is 0 Å². The Kier molecular flexibility index (Phi) is 3.68. The van der Waals surface area contributed by atoms with Crippen LogP contribution < -0.4 is 0 Å². The van der Waals surface area contributed by atoms with Crippen LogP contribution in [-0.4, -0.2) is 25.2 Å². The third kappa shape index (κ3) is 2.58. The predicted octanol–water partition coefficient (Wildman–Crippen LogP) is 1.06. The van der Waals surface area contributed by atoms with Crippen LogP contribution >= 0.6 is 0 Å². The van der Waals surface area contributed by atoms with E-state index in [1.54, 1.807) is 6.92 Å². The first-order valence-electron chi connectivity index (χ1n) is 4.66. The highest BCUT2D eigenvalue weighted by Gasteiger charge is 2.28. The van der Waals surface area contributed by atoms with Crippen LogP contribution in [-0.2, 0) is 19.1 Å². The van der Waals surface area contributed by atoms with Crippen molar-refractivity contribution in [3.63, 3.8) is 0 Å². The normalized spacial score (nSPS) is 20.4. The Bertz CT molecular complexity index is 257. The molecule has 1 fully saturated rings. The van der Waals surface area contributed by atoms with Gasteiger partial charge in [0.1, 0.15) is 0 Å². The van der Waals surface area contributed by atoms with Gasteiger partial charge in [0.2, 0.25) is 0 Å². The number of carbonyl (C=O) groups excluding carboxylic acids is 2. The topological polar surface area (TPSA) is 52.6 Å². The average Bonchev–Trinajstić information content (AvgIpc) is 2.52. The molecule has 78 valence electrons. The molecule has 0 aromatic carbocycles. The summed E-state index contributed by atoms with van der Waals surface area (Å²) < 4.78 is 9.53. The van der Waals surface area contributed by atoms with Crippen LogP contribution in [0.3, 0.4) is 0 Å². The summed E-state index contributed by atoms with van der Waals surface area (Å²) in [5, 5.41) is 0. The van der Waals surface area contributed by atoms with Gasteiger partial charge in [0, 0.05) is 5.57 Å². The van der Waals surface area contributed by atoms with E-state index in [1.165, 1.54) is 0 Å². The molecule has 14 heavy (non-hydrogen) atoms. The second kappa shape index (κ2) is 4.79. The van der Waals surface area contributed by atoms with Gasteiger partial charge in [-0.2, -0.15) is 0 Å². The van der Waals surface area contributed by atoms with E-state index in [9.17, 15) is 9.59 Å². The zero-order valence-electron chi connectivity index (χ0n) is 8.25. The van der Waals surface area contributed by atoms with E-state index in [2.05, 4.69) is 6.58 Å². The Hall–Kier alpha value is -1.32. The van der Waals surface area contributed by atoms with Gasteiger partial charge in [0.15, 0.2) is 0 Å². The number of rotatable bonds is 4. The van der Waals surface area contributed by atoms with Gasteiger partial charge < -0.3 is 9.47 Å². The van der Waals surface area contributed by atoms with Gasteiger partial charge in [-0.3, -0.25) is 4.79 Å². The monoisotopic (exact) mass is 198 g/mol. The number of esters is 2. The number of ether oxygens (including phenoxy) is 2. The second-order valence-corrected chi connectivity index (χ2v) is 3.18. The summed E-state index contributed by atoms with van der Waals surface area (Å²) in [6, 6.07) is 0. The quantitative estimate of drug-likeness (QED) is 0.500. The molecule has 1 saturated heterocycles. The molecule has 0 amide bonds. The fraction of sp³-hybridized carbons (Fsp3) is 0.600. The molecule has 1 unspecified atom stereocenters. The zero-order valence-corrected chi connectivity index (χ0v) is 8.25. The summed E-state index contributed by atoms with van der Waals surface area (Å²) in [6.07, 6.45) is 1.01. The van der Waals surface area contributed by atoms with Crippen LogP contribution in [0.1, 0.15) is 19.8 Å². The fourth-order valence-electron chi connectivity index (χ4n) is 1.34. The molecular formula is C10H14O4. The van der Waals surface area contributed by atoms with E-state index < -0.39 is 5.97 Å². The highest BCUT2D eigenvalue weighted by atomic mass is 16.5. The summed E-state index contributed by atoms with van der Waals surface area (Å²) in [5.41, 5.74) is 0.343. The Morgan fingerprint density at radius 1 is 1.71 bits per heavy atom. The number of carbonyl (C=O) groups is 2. The van der Waals surface area contributed by atoms with E-state index in [4.69, 9.17) is 9.47 Å². The maximum atomic E-state index is 11.2. The average molecular weight is 198 g/mol. The smallest absolute Gasteiger partial charge is 0.333 e. The van der Waals surface area contributed by atoms with Crippen LogP contribution in [0.5, 0.6) is 0 Å². The molecule has 4 nitrogen and oxygen atoms in total. The van der Waals surface area contributed by atoms with Gasteiger partial charge in [-0.25, -0.2) is 4.79 Å². The van der Waals surface area contributed by atoms with Crippen molar-refractivity contribution in [3.8, 4) is 0 Å². The lowest BCUT2D eigenvalue weighted by Gasteiger charge is -2.07. The van der Waals surface area contributed by atoms with Gasteiger partial charge in [-0.05, 0) is 19.8 Å². The van der Waals surface area contributed by atoms with E-state index in [0.717, 1.165) is 0 Å². The third-order valence-electron chi connectivity index (χ3n) is 2.10. The number of hydrogen-bond acceptors (Lipinski definition) is 4. The van der Waals surface area contributed by atoms with Gasteiger partial charge in [0.05, 0.1) is 19.1 Å². The fourth-order valence-corrected chi connectivity index (χ4v) is 1.34. The van der Waals surface area contributed by atoms with Crippen molar-refractivity contribution in [2.24, 2.45) is 5.92 Å². The molecular weight excluding hydrogens is 184 g/mol. The molecule has 4 heteroatoms. The molecule has 0 aliphatic carbocycles. The van der Waals surface area contributed by atoms with Crippen molar-refractivity contribution >= 4 is 11.9 Å². The van der Waals surface area contributed by atoms with Crippen molar-refractivity contribution in [1.29, 1.82) is 0 Å². The molecule has 0 radical (unpaired) electrons. The zero-order chi connectivity index (χ0) is 10.6. The summed E-state index contributed by atoms with van der Waals surface area (Å²) in [6.45, 7) is 6.09. The minimum atomic E-state index is -0.424. The van der Waals surface area contributed by atoms with Gasteiger partial charge in [-0.1, -0.05) is 6.58 Å². The van der Waals surface area contributed by atoms with E-state index >= 15 is 0 Å². The van der Waals surface area contributed by atoms with Crippen molar-refractivity contribution in [2.75, 3.05) is 13.2 Å². The molecule has 1 heterocycles. The molecule has 1 aliphatic heterocycles. The van der Waals surface area contributed by atoms with Crippen molar-refractivity contribution in [3.05, 3.63) is 12.2 Å². The maximum Gasteiger partial charge on any atom is 0.333 e. The van der Waals surface area contributed by atoms with Crippen LogP contribution in [0.2, 0.25) is 0 Å². The summed E-state index contributed by atoms with van der Waals surface area (Å²) in [7, 11) is 0. The van der Waals surface area contributed by atoms with E-state index in [-0.39, 0.29) is 11.9 Å². The Morgan fingerprint density at radius 2 is 2.43 bits per heavy atom. The van der Waals surface area contributed by atoms with Crippen LogP contribution in [0.15, 0.2) is 12.2 Å². The molecule has 1 rings (SSSR count). The molecule has 0 aromatic rings. The van der Waals surface area contributed by atoms with Crippen molar-refractivity contribution < 1.29 is 19.1 Å². The van der Waals surface area contributed by atoms with Gasteiger partial charge >= 0.3 is 11.9 Å². The predicted molar refractivity (Wildman–Crippen MR) is 49.5 cm³/mol. The third-order valence-corrected chi connectivity index (χ3v) is 2.10. The Balaban J connectivity index is 2.40. The second-order valence-electron chi connectivity index (χ2n) is 3.18. The molecule has 1 aliphatic rings. The first kappa shape index (κ1) is 10.8. The molecule has 0 aromatic heterocycles. The lowest BCUT2D eigenvalue weighted by molar-refractivity contribution is -0.141. The van der Waals surface area contributed by atoms with Crippen molar-refractivity contribution in [2.45, 2.75) is 19.8 Å². The molecule has 0 saturated carbocycles. The molecule has 0 bridgehead atoms. The standard InChI is InChI=1S/C10H14O4/c1-3-13-9(11)7(2)6-8-4-5-14-10(8)12/h8H,2-6H2,1H3. The highest BCUT2D eigenvalue weighted by Crippen LogP contribution is 2.22. The minimum Gasteiger partial charge on any atom is -0.465 e. The lowest BCUT2D eigenvalue weighted by atomic mass is 9.99. The SMILES string of the molecule is C=C(CC1CCOC1=O)C(=O)OCC. The van der Waals surface area contributed by atoms with Gasteiger partial charge in [-0.15, -0.1) is 0 Å². The van der Waals surface area contributed by atoms with E-state index in [0.29, 0.717) is 31.6 Å². The van der Waals surface area contributed by atoms with Gasteiger partial charge in [0.25, 0.3) is 0 Å². The minimum absolute atomic E-state index is 0.216. The van der Waals surface area contributed by atoms with Crippen LogP contribution in [0.25, 0.3) is 0 Å².